The van der Waals surface area contributed by atoms with Gasteiger partial charge in [0.05, 0.1) is 11.3 Å². The van der Waals surface area contributed by atoms with Gasteiger partial charge in [-0.2, -0.15) is 0 Å². The number of esters is 1. The average molecular weight is 569 g/mol. The number of fused-ring (bicyclic) bond motifs is 1. The molecule has 1 atom stereocenters. The second kappa shape index (κ2) is 11.5. The lowest BCUT2D eigenvalue weighted by Crippen LogP contribution is -2.51. The SMILES string of the molecule is CC(C)(C)C(=O)SC(Oc1cccc2ccccc12)=C(C(=O)OCc1ccc([N+](=O)[O-])cc1)N1C(=O)CC1Cl. The van der Waals surface area contributed by atoms with Crippen molar-refractivity contribution in [3.8, 4) is 5.75 Å². The van der Waals surface area contributed by atoms with Gasteiger partial charge in [0.25, 0.3) is 5.69 Å². The molecule has 0 spiro atoms. The van der Waals surface area contributed by atoms with Crippen LogP contribution in [0.2, 0.25) is 0 Å². The fraction of sp³-hybridized carbons (Fsp3) is 0.250. The highest BCUT2D eigenvalue weighted by molar-refractivity contribution is 8.16. The third-order valence-corrected chi connectivity index (χ3v) is 7.40. The summed E-state index contributed by atoms with van der Waals surface area (Å²) >= 11 is 7.02. The van der Waals surface area contributed by atoms with Gasteiger partial charge in [0.1, 0.15) is 17.9 Å². The average Bonchev–Trinajstić information content (AvgIpc) is 2.89. The number of carbonyl (C=O) groups is 3. The molecule has 1 amide bonds. The number of benzene rings is 3. The van der Waals surface area contributed by atoms with Crippen molar-refractivity contribution in [2.45, 2.75) is 39.3 Å². The molecular weight excluding hydrogens is 544 g/mol. The molecule has 11 heteroatoms. The van der Waals surface area contributed by atoms with E-state index in [9.17, 15) is 24.5 Å². The maximum absolute atomic E-state index is 13.5. The van der Waals surface area contributed by atoms with Crippen LogP contribution in [-0.2, 0) is 25.7 Å². The predicted octanol–water partition coefficient (Wildman–Crippen LogP) is 6.14. The molecule has 0 N–H and O–H groups in total. The van der Waals surface area contributed by atoms with E-state index in [0.29, 0.717) is 23.1 Å². The molecule has 0 bridgehead atoms. The zero-order valence-corrected chi connectivity index (χ0v) is 23.0. The number of nitro groups is 1. The summed E-state index contributed by atoms with van der Waals surface area (Å²) in [6.07, 6.45) is 0.000119. The number of thioether (sulfide) groups is 1. The zero-order chi connectivity index (χ0) is 28.3. The van der Waals surface area contributed by atoms with Gasteiger partial charge < -0.3 is 9.47 Å². The number of likely N-dealkylation sites (tertiary alicyclic amines) is 1. The summed E-state index contributed by atoms with van der Waals surface area (Å²) in [5, 5.41) is 12.1. The van der Waals surface area contributed by atoms with E-state index in [-0.39, 0.29) is 34.6 Å². The normalized spacial score (nSPS) is 15.8. The first kappa shape index (κ1) is 28.1. The van der Waals surface area contributed by atoms with E-state index in [1.807, 2.05) is 30.3 Å². The number of hydrogen-bond donors (Lipinski definition) is 0. The molecule has 9 nitrogen and oxygen atoms in total. The summed E-state index contributed by atoms with van der Waals surface area (Å²) in [6.45, 7) is 4.94. The summed E-state index contributed by atoms with van der Waals surface area (Å²) in [5.41, 5.74) is -1.55. The fourth-order valence-electron chi connectivity index (χ4n) is 3.59. The Labute approximate surface area is 233 Å². The first-order valence-corrected chi connectivity index (χ1v) is 13.2. The summed E-state index contributed by atoms with van der Waals surface area (Å²) in [5.74, 6) is -0.992. The first-order chi connectivity index (χ1) is 18.5. The van der Waals surface area contributed by atoms with E-state index in [2.05, 4.69) is 0 Å². The Balaban J connectivity index is 1.75. The molecule has 1 unspecified atom stereocenters. The number of amides is 1. The molecule has 0 aliphatic carbocycles. The smallest absolute Gasteiger partial charge is 0.359 e. The summed E-state index contributed by atoms with van der Waals surface area (Å²) in [4.78, 5) is 50.7. The molecule has 1 heterocycles. The maximum Gasteiger partial charge on any atom is 0.359 e. The van der Waals surface area contributed by atoms with Gasteiger partial charge in [0, 0.05) is 22.9 Å². The highest BCUT2D eigenvalue weighted by atomic mass is 35.5. The van der Waals surface area contributed by atoms with Crippen LogP contribution < -0.4 is 4.74 Å². The van der Waals surface area contributed by atoms with Gasteiger partial charge in [0.15, 0.2) is 10.8 Å². The van der Waals surface area contributed by atoms with Crippen LogP contribution in [-0.4, -0.2) is 32.3 Å². The monoisotopic (exact) mass is 568 g/mol. The first-order valence-electron chi connectivity index (χ1n) is 11.9. The number of alkyl halides is 1. The molecule has 1 fully saturated rings. The molecule has 1 aliphatic heterocycles. The summed E-state index contributed by atoms with van der Waals surface area (Å²) in [7, 11) is 0. The van der Waals surface area contributed by atoms with Crippen molar-refractivity contribution in [3.63, 3.8) is 0 Å². The second-order valence-corrected chi connectivity index (χ2v) is 11.2. The van der Waals surface area contributed by atoms with Gasteiger partial charge in [-0.05, 0) is 40.9 Å². The van der Waals surface area contributed by atoms with E-state index in [1.54, 1.807) is 32.9 Å². The number of nitro benzene ring substituents is 1. The quantitative estimate of drug-likeness (QED) is 0.0465. The number of nitrogens with zero attached hydrogens (tertiary/aromatic N) is 2. The third-order valence-electron chi connectivity index (χ3n) is 5.79. The number of non-ortho nitro benzene ring substituents is 1. The van der Waals surface area contributed by atoms with Crippen molar-refractivity contribution in [1.82, 2.24) is 4.90 Å². The summed E-state index contributed by atoms with van der Waals surface area (Å²) < 4.78 is 11.7. The zero-order valence-electron chi connectivity index (χ0n) is 21.4. The van der Waals surface area contributed by atoms with E-state index in [1.165, 1.54) is 24.3 Å². The molecule has 39 heavy (non-hydrogen) atoms. The molecule has 1 aliphatic rings. The highest BCUT2D eigenvalue weighted by Crippen LogP contribution is 2.39. The van der Waals surface area contributed by atoms with Crippen molar-refractivity contribution in [2.24, 2.45) is 5.41 Å². The number of β-lactam (4-membered cyclic amide) rings is 1. The van der Waals surface area contributed by atoms with Gasteiger partial charge in [0.2, 0.25) is 11.0 Å². The van der Waals surface area contributed by atoms with Crippen LogP contribution >= 0.6 is 23.4 Å². The predicted molar refractivity (Wildman–Crippen MR) is 148 cm³/mol. The van der Waals surface area contributed by atoms with Crippen LogP contribution in [0.4, 0.5) is 5.69 Å². The minimum Gasteiger partial charge on any atom is -0.456 e. The van der Waals surface area contributed by atoms with Crippen molar-refractivity contribution in [2.75, 3.05) is 0 Å². The van der Waals surface area contributed by atoms with Gasteiger partial charge in [-0.25, -0.2) is 4.79 Å². The Bertz CT molecular complexity index is 1480. The van der Waals surface area contributed by atoms with Gasteiger partial charge >= 0.3 is 5.97 Å². The number of hydrogen-bond acceptors (Lipinski definition) is 8. The largest absolute Gasteiger partial charge is 0.456 e. The van der Waals surface area contributed by atoms with Crippen LogP contribution in [0, 0.1) is 15.5 Å². The van der Waals surface area contributed by atoms with Crippen LogP contribution in [0.1, 0.15) is 32.8 Å². The van der Waals surface area contributed by atoms with E-state index in [0.717, 1.165) is 15.7 Å². The summed E-state index contributed by atoms with van der Waals surface area (Å²) in [6, 6.07) is 18.3. The van der Waals surface area contributed by atoms with Crippen molar-refractivity contribution < 1.29 is 28.8 Å². The van der Waals surface area contributed by atoms with Crippen LogP contribution in [0.5, 0.6) is 5.75 Å². The Morgan fingerprint density at radius 1 is 1.08 bits per heavy atom. The third kappa shape index (κ3) is 6.40. The molecule has 1 saturated heterocycles. The minimum atomic E-state index is -0.934. The number of ether oxygens (including phenoxy) is 2. The lowest BCUT2D eigenvalue weighted by atomic mass is 10.00. The van der Waals surface area contributed by atoms with Gasteiger partial charge in [-0.3, -0.25) is 24.6 Å². The molecule has 0 saturated carbocycles. The topological polar surface area (TPSA) is 116 Å². The lowest BCUT2D eigenvalue weighted by molar-refractivity contribution is -0.384. The molecule has 0 radical (unpaired) electrons. The molecule has 0 aromatic heterocycles. The van der Waals surface area contributed by atoms with Gasteiger partial charge in [-0.15, -0.1) is 0 Å². The Hall–Kier alpha value is -3.89. The number of carbonyl (C=O) groups excluding carboxylic acids is 3. The molecular formula is C28H25ClN2O7S. The van der Waals surface area contributed by atoms with E-state index in [4.69, 9.17) is 21.1 Å². The van der Waals surface area contributed by atoms with Crippen molar-refractivity contribution in [1.29, 1.82) is 0 Å². The Kier molecular flexibility index (Phi) is 8.27. The maximum atomic E-state index is 13.5. The lowest BCUT2D eigenvalue weighted by Gasteiger charge is -2.37. The Morgan fingerprint density at radius 3 is 2.36 bits per heavy atom. The second-order valence-electron chi connectivity index (χ2n) is 9.76. The van der Waals surface area contributed by atoms with Gasteiger partial charge in [-0.1, -0.05) is 68.8 Å². The molecule has 202 valence electrons. The van der Waals surface area contributed by atoms with E-state index >= 15 is 0 Å². The Morgan fingerprint density at radius 2 is 1.74 bits per heavy atom. The molecule has 3 aromatic carbocycles. The standard InChI is InChI=1S/C28H25ClN2O7S/c1-28(2,3)27(34)39-26(38-21-10-6-8-18-7-4-5-9-20(18)21)24(30-22(29)15-23(30)32)25(33)37-16-17-11-13-19(14-12-17)31(35)36/h4-14,22H,15-16H2,1-3H3. The minimum absolute atomic E-state index is 0.000119. The van der Waals surface area contributed by atoms with Crippen molar-refractivity contribution in [3.05, 3.63) is 93.2 Å². The fourth-order valence-corrected chi connectivity index (χ4v) is 4.82. The van der Waals surface area contributed by atoms with Crippen molar-refractivity contribution >= 4 is 56.8 Å². The van der Waals surface area contributed by atoms with Crippen LogP contribution in [0.25, 0.3) is 10.8 Å². The van der Waals surface area contributed by atoms with Crippen LogP contribution in [0.15, 0.2) is 77.5 Å². The molecule has 3 aromatic rings. The number of rotatable bonds is 8. The van der Waals surface area contributed by atoms with E-state index < -0.39 is 27.7 Å². The number of halogens is 1. The highest BCUT2D eigenvalue weighted by Gasteiger charge is 2.43. The molecule has 4 rings (SSSR count). The van der Waals surface area contributed by atoms with Crippen LogP contribution in [0.3, 0.4) is 0 Å².